The van der Waals surface area contributed by atoms with E-state index in [0.717, 1.165) is 30.5 Å². The van der Waals surface area contributed by atoms with Crippen LogP contribution in [0, 0.1) is 17.7 Å². The Morgan fingerprint density at radius 3 is 2.37 bits per heavy atom. The maximum atomic E-state index is 15.0. The Bertz CT molecular complexity index is 1740. The third kappa shape index (κ3) is 6.81. The van der Waals surface area contributed by atoms with Crippen molar-refractivity contribution in [2.24, 2.45) is 11.8 Å². The number of nitrogens with one attached hydrogen (secondary N) is 1. The highest BCUT2D eigenvalue weighted by molar-refractivity contribution is 5.98. The lowest BCUT2D eigenvalue weighted by molar-refractivity contribution is -0.155. The van der Waals surface area contributed by atoms with Crippen molar-refractivity contribution in [2.45, 2.75) is 68.6 Å². The van der Waals surface area contributed by atoms with Gasteiger partial charge in [0.2, 0.25) is 5.91 Å². The quantitative estimate of drug-likeness (QED) is 0.222. The van der Waals surface area contributed by atoms with E-state index in [0.29, 0.717) is 36.5 Å². The van der Waals surface area contributed by atoms with E-state index in [1.54, 1.807) is 34.1 Å². The Labute approximate surface area is 281 Å². The van der Waals surface area contributed by atoms with E-state index in [2.05, 4.69) is 5.32 Å². The number of carbonyl (C=O) groups is 3. The molecular formula is C37H37F4N3O5. The van der Waals surface area contributed by atoms with Crippen LogP contribution in [0.2, 0.25) is 0 Å². The molecule has 2 heterocycles. The second kappa shape index (κ2) is 12.9. The van der Waals surface area contributed by atoms with Crippen molar-refractivity contribution in [3.05, 3.63) is 106 Å². The summed E-state index contributed by atoms with van der Waals surface area (Å²) in [4.78, 5) is 43.6. The second-order valence-electron chi connectivity index (χ2n) is 13.8. The van der Waals surface area contributed by atoms with E-state index >= 15 is 0 Å². The molecule has 3 aromatic rings. The van der Waals surface area contributed by atoms with Crippen LogP contribution in [0.5, 0.6) is 0 Å². The van der Waals surface area contributed by atoms with Crippen LogP contribution in [0.4, 0.5) is 17.6 Å². The fourth-order valence-corrected chi connectivity index (χ4v) is 7.48. The molecule has 49 heavy (non-hydrogen) atoms. The number of nitrogens with zero attached hydrogens (tertiary/aromatic N) is 2. The smallest absolute Gasteiger partial charge is 0.416 e. The largest absolute Gasteiger partial charge is 0.460 e. The average Bonchev–Trinajstić information content (AvgIpc) is 3.86. The van der Waals surface area contributed by atoms with Crippen LogP contribution in [0.15, 0.2) is 72.8 Å². The zero-order valence-electron chi connectivity index (χ0n) is 26.7. The number of halogens is 4. The van der Waals surface area contributed by atoms with Gasteiger partial charge in [-0.1, -0.05) is 48.5 Å². The fraction of sp³-hybridized carbons (Fsp3) is 0.432. The first kappa shape index (κ1) is 33.2. The van der Waals surface area contributed by atoms with E-state index in [4.69, 9.17) is 4.74 Å². The summed E-state index contributed by atoms with van der Waals surface area (Å²) in [6, 6.07) is 16.6. The molecule has 2 N–H and O–H groups in total. The minimum atomic E-state index is -4.69. The van der Waals surface area contributed by atoms with Crippen LogP contribution in [0.25, 0.3) is 0 Å². The van der Waals surface area contributed by atoms with Gasteiger partial charge in [0.05, 0.1) is 18.2 Å². The SMILES string of the molecule is O=C(CN1CC(O)(c2cccc(C(=O)N3C(C(=O)N[C@@H](c4ccc(C(F)(F)F)cc4F)C4CC4)C[C@H]4CC[C@H]43)c2)C1)OCc1ccccc1. The number of amides is 2. The lowest BCUT2D eigenvalue weighted by Crippen LogP contribution is -2.60. The van der Waals surface area contributed by atoms with Gasteiger partial charge >= 0.3 is 12.1 Å². The minimum Gasteiger partial charge on any atom is -0.460 e. The van der Waals surface area contributed by atoms with Crippen molar-refractivity contribution in [1.82, 2.24) is 15.1 Å². The third-order valence-corrected chi connectivity index (χ3v) is 10.4. The van der Waals surface area contributed by atoms with Crippen molar-refractivity contribution in [2.75, 3.05) is 19.6 Å². The summed E-state index contributed by atoms with van der Waals surface area (Å²) in [5.41, 5.74) is -0.669. The van der Waals surface area contributed by atoms with E-state index in [-0.39, 0.29) is 55.6 Å². The number of carbonyl (C=O) groups excluding carboxylic acids is 3. The Morgan fingerprint density at radius 1 is 0.959 bits per heavy atom. The van der Waals surface area contributed by atoms with E-state index in [9.17, 15) is 37.1 Å². The number of alkyl halides is 3. The Balaban J connectivity index is 1.01. The minimum absolute atomic E-state index is 0.00244. The second-order valence-corrected chi connectivity index (χ2v) is 13.8. The third-order valence-electron chi connectivity index (χ3n) is 10.4. The summed E-state index contributed by atoms with van der Waals surface area (Å²) in [6.07, 6.45) is -1.25. The van der Waals surface area contributed by atoms with Crippen molar-refractivity contribution in [3.63, 3.8) is 0 Å². The first-order valence-electron chi connectivity index (χ1n) is 16.6. The van der Waals surface area contributed by atoms with Gasteiger partial charge < -0.3 is 20.1 Å². The number of benzene rings is 3. The molecule has 2 amide bonds. The van der Waals surface area contributed by atoms with Crippen molar-refractivity contribution >= 4 is 17.8 Å². The van der Waals surface area contributed by atoms with Crippen molar-refractivity contribution < 1.29 is 41.8 Å². The van der Waals surface area contributed by atoms with Gasteiger partial charge in [0.15, 0.2) is 0 Å². The van der Waals surface area contributed by atoms with E-state index < -0.39 is 47.1 Å². The molecule has 2 saturated carbocycles. The van der Waals surface area contributed by atoms with Gasteiger partial charge in [0, 0.05) is 30.3 Å². The van der Waals surface area contributed by atoms with Gasteiger partial charge in [0.1, 0.15) is 24.1 Å². The van der Waals surface area contributed by atoms with Crippen LogP contribution >= 0.6 is 0 Å². The first-order valence-corrected chi connectivity index (χ1v) is 16.6. The fourth-order valence-electron chi connectivity index (χ4n) is 7.48. The predicted molar refractivity (Wildman–Crippen MR) is 169 cm³/mol. The van der Waals surface area contributed by atoms with Crippen LogP contribution in [0.1, 0.15) is 70.8 Å². The highest BCUT2D eigenvalue weighted by Gasteiger charge is 2.52. The summed E-state index contributed by atoms with van der Waals surface area (Å²) >= 11 is 0. The Hall–Kier alpha value is -4.29. The molecule has 4 aliphatic rings. The van der Waals surface area contributed by atoms with Gasteiger partial charge in [0.25, 0.3) is 5.91 Å². The number of fused-ring (bicyclic) bond motifs is 1. The van der Waals surface area contributed by atoms with Gasteiger partial charge in [-0.05, 0) is 79.3 Å². The average molecular weight is 680 g/mol. The van der Waals surface area contributed by atoms with E-state index in [1.165, 1.54) is 0 Å². The number of β-amino-alcohol motifs (C(OH)–C–C–N with tert-alkyl or cyclic N) is 1. The summed E-state index contributed by atoms with van der Waals surface area (Å²) in [5, 5.41) is 14.3. The standard InChI is InChI=1S/C37H37F4N3O5/c38-29-17-27(37(39,40)41)12-13-28(29)33(23-9-10-23)42-34(46)31-16-24-11-14-30(24)44(31)35(47)25-7-4-8-26(15-25)36(48)20-43(21-36)18-32(45)49-19-22-5-2-1-3-6-22/h1-8,12-13,15,17,23-24,30-31,33,48H,9-11,14,16,18-21H2,(H,42,46)/t24-,30-,31?,33-/m1/s1. The maximum absolute atomic E-state index is 15.0. The zero-order chi connectivity index (χ0) is 34.5. The lowest BCUT2D eigenvalue weighted by atomic mass is 9.80. The van der Waals surface area contributed by atoms with E-state index in [1.807, 2.05) is 30.3 Å². The molecule has 4 atom stereocenters. The van der Waals surface area contributed by atoms with Gasteiger partial charge in [-0.3, -0.25) is 19.3 Å². The molecule has 0 spiro atoms. The molecule has 0 radical (unpaired) electrons. The number of esters is 1. The molecule has 12 heteroatoms. The molecule has 2 aliphatic heterocycles. The summed E-state index contributed by atoms with van der Waals surface area (Å²) < 4.78 is 59.9. The number of ether oxygens (including phenoxy) is 1. The normalized spacial score (nSPS) is 23.5. The molecule has 2 aliphatic carbocycles. The maximum Gasteiger partial charge on any atom is 0.416 e. The molecule has 2 saturated heterocycles. The van der Waals surface area contributed by atoms with Crippen LogP contribution in [-0.2, 0) is 32.7 Å². The monoisotopic (exact) mass is 679 g/mol. The van der Waals surface area contributed by atoms with Crippen LogP contribution in [-0.4, -0.2) is 64.4 Å². The molecule has 0 aromatic heterocycles. The number of hydrogen-bond acceptors (Lipinski definition) is 6. The highest BCUT2D eigenvalue weighted by atomic mass is 19.4. The van der Waals surface area contributed by atoms with Gasteiger partial charge in [-0.2, -0.15) is 13.2 Å². The first-order chi connectivity index (χ1) is 23.4. The molecule has 7 rings (SSSR count). The number of likely N-dealkylation sites (tertiary alicyclic amines) is 2. The molecule has 0 bridgehead atoms. The number of rotatable bonds is 10. The molecule has 4 fully saturated rings. The summed E-state index contributed by atoms with van der Waals surface area (Å²) in [7, 11) is 0. The topological polar surface area (TPSA) is 99.2 Å². The summed E-state index contributed by atoms with van der Waals surface area (Å²) in [5.74, 6) is -2.23. The van der Waals surface area contributed by atoms with Gasteiger partial charge in [-0.15, -0.1) is 0 Å². The molecule has 3 aromatic carbocycles. The van der Waals surface area contributed by atoms with Crippen molar-refractivity contribution in [3.8, 4) is 0 Å². The number of aliphatic hydroxyl groups is 1. The highest BCUT2D eigenvalue weighted by Crippen LogP contribution is 2.46. The van der Waals surface area contributed by atoms with Crippen molar-refractivity contribution in [1.29, 1.82) is 0 Å². The van der Waals surface area contributed by atoms with Crippen LogP contribution in [0.3, 0.4) is 0 Å². The Morgan fingerprint density at radius 2 is 1.71 bits per heavy atom. The number of hydrogen-bond donors (Lipinski definition) is 2. The lowest BCUT2D eigenvalue weighted by Gasteiger charge is -2.46. The van der Waals surface area contributed by atoms with Gasteiger partial charge in [-0.25, -0.2) is 4.39 Å². The molecule has 8 nitrogen and oxygen atoms in total. The molecule has 258 valence electrons. The van der Waals surface area contributed by atoms with Crippen LogP contribution < -0.4 is 5.32 Å². The zero-order valence-corrected chi connectivity index (χ0v) is 26.7. The predicted octanol–water partition coefficient (Wildman–Crippen LogP) is 5.35. The summed E-state index contributed by atoms with van der Waals surface area (Å²) in [6.45, 7) is 0.521. The Kier molecular flexibility index (Phi) is 8.72. The molecule has 1 unspecified atom stereocenters. The molecular weight excluding hydrogens is 642 g/mol.